The molecule has 0 fully saturated rings. The van der Waals surface area contributed by atoms with Crippen LogP contribution in [0.1, 0.15) is 7.43 Å². The summed E-state index contributed by atoms with van der Waals surface area (Å²) < 4.78 is 0. The minimum atomic E-state index is 0. The molecule has 0 rings (SSSR count). The van der Waals surface area contributed by atoms with E-state index in [2.05, 4.69) is 39.5 Å². The third-order valence-corrected chi connectivity index (χ3v) is 0. The Kier molecular flexibility index (Phi) is 751. The standard InChI is InChI=1S/3C2H4.CH4/c3*1-2;/h3*1-2H2;1H4. The van der Waals surface area contributed by atoms with Crippen molar-refractivity contribution < 1.29 is 0 Å². The van der Waals surface area contributed by atoms with E-state index in [0.717, 1.165) is 0 Å². The summed E-state index contributed by atoms with van der Waals surface area (Å²) in [4.78, 5) is 0. The zero-order valence-electron chi connectivity index (χ0n) is 4.24. The van der Waals surface area contributed by atoms with Crippen molar-refractivity contribution in [3.63, 3.8) is 0 Å². The highest BCUT2D eigenvalue weighted by Gasteiger charge is 0.605. The molecule has 0 aromatic rings. The quantitative estimate of drug-likeness (QED) is 0.410. The van der Waals surface area contributed by atoms with Gasteiger partial charge in [-0.25, -0.2) is 0 Å². The van der Waals surface area contributed by atoms with Gasteiger partial charge in [0.25, 0.3) is 0 Å². The highest BCUT2D eigenvalue weighted by molar-refractivity contribution is 4.22. The zero-order chi connectivity index (χ0) is 6.00. The highest BCUT2D eigenvalue weighted by Crippen LogP contribution is 0.866. The summed E-state index contributed by atoms with van der Waals surface area (Å²) in [6.45, 7) is 18.0. The largest absolute Gasteiger partial charge is 0.106 e. The molecule has 0 nitrogen and oxygen atoms in total. The van der Waals surface area contributed by atoms with Crippen LogP contribution < -0.4 is 0 Å². The van der Waals surface area contributed by atoms with Crippen LogP contribution in [0.2, 0.25) is 0 Å². The predicted octanol–water partition coefficient (Wildman–Crippen LogP) is 3.04. The van der Waals surface area contributed by atoms with E-state index in [1.54, 1.807) is 0 Å². The second kappa shape index (κ2) is 153. The average Bonchev–Trinajstić information content (AvgIpc) is 1.81. The second-order valence-corrected chi connectivity index (χ2v) is 0. The predicted molar refractivity (Wildman–Crippen MR) is 40.5 cm³/mol. The van der Waals surface area contributed by atoms with Crippen LogP contribution in [0.3, 0.4) is 0 Å². The molecule has 0 aliphatic heterocycles. The monoisotopic (exact) mass is 100 g/mol. The molecule has 0 heterocycles. The van der Waals surface area contributed by atoms with E-state index in [1.165, 1.54) is 0 Å². The van der Waals surface area contributed by atoms with Crippen LogP contribution in [0.15, 0.2) is 39.5 Å². The van der Waals surface area contributed by atoms with Crippen molar-refractivity contribution in [2.75, 3.05) is 0 Å². The molecule has 0 atom stereocenters. The maximum Gasteiger partial charge on any atom is -0.0776 e. The summed E-state index contributed by atoms with van der Waals surface area (Å²) in [7, 11) is 0. The third-order valence-electron chi connectivity index (χ3n) is 0. The minimum absolute atomic E-state index is 0. The van der Waals surface area contributed by atoms with Crippen LogP contribution in [-0.4, -0.2) is 0 Å². The Balaban J connectivity index is -0.00000000900. The van der Waals surface area contributed by atoms with Crippen molar-refractivity contribution in [2.24, 2.45) is 0 Å². The van der Waals surface area contributed by atoms with Gasteiger partial charge in [-0.15, -0.1) is 39.5 Å². The molecule has 0 aromatic carbocycles. The molecule has 0 saturated heterocycles. The summed E-state index contributed by atoms with van der Waals surface area (Å²) >= 11 is 0. The third kappa shape index (κ3) is 89.0. The average molecular weight is 100 g/mol. The van der Waals surface area contributed by atoms with E-state index < -0.39 is 0 Å². The van der Waals surface area contributed by atoms with Gasteiger partial charge in [0, 0.05) is 0 Å². The maximum absolute atomic E-state index is 3.00. The summed E-state index contributed by atoms with van der Waals surface area (Å²) in [5.41, 5.74) is 0. The van der Waals surface area contributed by atoms with Crippen LogP contribution in [0.4, 0.5) is 0 Å². The fraction of sp³-hybridized carbons (Fsp3) is 0.143. The van der Waals surface area contributed by atoms with E-state index in [-0.39, 0.29) is 7.43 Å². The molecule has 0 aromatic heterocycles. The van der Waals surface area contributed by atoms with Gasteiger partial charge < -0.3 is 0 Å². The van der Waals surface area contributed by atoms with Crippen LogP contribution in [0.25, 0.3) is 0 Å². The second-order valence-electron chi connectivity index (χ2n) is 0. The van der Waals surface area contributed by atoms with Crippen molar-refractivity contribution in [1.82, 2.24) is 0 Å². The number of hydrogen-bond acceptors (Lipinski definition) is 0. The van der Waals surface area contributed by atoms with Gasteiger partial charge in [-0.1, -0.05) is 7.43 Å². The van der Waals surface area contributed by atoms with Gasteiger partial charge in [0.15, 0.2) is 0 Å². The summed E-state index contributed by atoms with van der Waals surface area (Å²) in [6, 6.07) is 0. The maximum atomic E-state index is 3.00. The molecule has 0 spiro atoms. The first kappa shape index (κ1) is 34.4. The van der Waals surface area contributed by atoms with Gasteiger partial charge in [-0.2, -0.15) is 0 Å². The van der Waals surface area contributed by atoms with Crippen molar-refractivity contribution >= 4 is 0 Å². The Morgan fingerprint density at radius 3 is 0.429 bits per heavy atom. The van der Waals surface area contributed by atoms with Crippen LogP contribution >= 0.6 is 0 Å². The molecule has 7 heavy (non-hydrogen) atoms. The van der Waals surface area contributed by atoms with Crippen molar-refractivity contribution in [2.45, 2.75) is 7.43 Å². The molecule has 0 radical (unpaired) electrons. The molecule has 44 valence electrons. The first-order valence-electron chi connectivity index (χ1n) is 1.50. The summed E-state index contributed by atoms with van der Waals surface area (Å²) in [5.74, 6) is 0. The van der Waals surface area contributed by atoms with Crippen LogP contribution in [0, 0.1) is 0 Å². The highest BCUT2D eigenvalue weighted by atomic mass is 12.7. The topological polar surface area (TPSA) is 0 Å². The molecule has 0 aliphatic rings. The fourth-order valence-corrected chi connectivity index (χ4v) is 0. The molecule has 0 amide bonds. The van der Waals surface area contributed by atoms with Crippen molar-refractivity contribution in [3.8, 4) is 0 Å². The van der Waals surface area contributed by atoms with Crippen molar-refractivity contribution in [1.29, 1.82) is 0 Å². The lowest BCUT2D eigenvalue weighted by atomic mass is 11.3. The Morgan fingerprint density at radius 1 is 0.429 bits per heavy atom. The number of hydrogen-bond donors (Lipinski definition) is 0. The molecule has 0 N–H and O–H groups in total. The smallest absolute Gasteiger partial charge is 0.0776 e. The molecule has 0 bridgehead atoms. The van der Waals surface area contributed by atoms with Gasteiger partial charge in [0.05, 0.1) is 0 Å². The van der Waals surface area contributed by atoms with Crippen molar-refractivity contribution in [3.05, 3.63) is 39.5 Å². The molecule has 0 saturated carbocycles. The van der Waals surface area contributed by atoms with E-state index in [0.29, 0.717) is 0 Å². The van der Waals surface area contributed by atoms with E-state index >= 15 is 0 Å². The van der Waals surface area contributed by atoms with E-state index in [9.17, 15) is 0 Å². The Hall–Kier alpha value is -0.780. The van der Waals surface area contributed by atoms with E-state index in [1.807, 2.05) is 0 Å². The molecule has 0 heteroatoms. The normalized spacial score (nSPS) is 1.71. The Morgan fingerprint density at radius 2 is 0.429 bits per heavy atom. The summed E-state index contributed by atoms with van der Waals surface area (Å²) in [5, 5.41) is 0. The molecule has 0 unspecified atom stereocenters. The van der Waals surface area contributed by atoms with Gasteiger partial charge in [-0.3, -0.25) is 0 Å². The molecular formula is C7H16. The SMILES string of the molecule is C.C=C.C=C.C=C. The zero-order valence-corrected chi connectivity index (χ0v) is 4.24. The number of rotatable bonds is 0. The van der Waals surface area contributed by atoms with Crippen LogP contribution in [-0.2, 0) is 0 Å². The molecular weight excluding hydrogens is 84.1 g/mol. The molecule has 0 aliphatic carbocycles. The Labute approximate surface area is 47.9 Å². The fourth-order valence-electron chi connectivity index (χ4n) is 0. The van der Waals surface area contributed by atoms with Gasteiger partial charge in [-0.05, 0) is 0 Å². The van der Waals surface area contributed by atoms with Gasteiger partial charge >= 0.3 is 0 Å². The lowest BCUT2D eigenvalue weighted by Crippen LogP contribution is -0.552. The summed E-state index contributed by atoms with van der Waals surface area (Å²) in [6.07, 6.45) is 0. The van der Waals surface area contributed by atoms with Gasteiger partial charge in [0.2, 0.25) is 0 Å². The Bertz CT molecular complexity index is 4.75. The minimum Gasteiger partial charge on any atom is -0.106 e. The van der Waals surface area contributed by atoms with Gasteiger partial charge in [0.1, 0.15) is 0 Å². The first-order chi connectivity index (χ1) is 3.00. The lowest BCUT2D eigenvalue weighted by molar-refractivity contribution is 2.50. The lowest BCUT2D eigenvalue weighted by Gasteiger charge is -0.813. The van der Waals surface area contributed by atoms with Crippen LogP contribution in [0.5, 0.6) is 0 Å². The van der Waals surface area contributed by atoms with E-state index in [4.69, 9.17) is 0 Å². The first-order valence-corrected chi connectivity index (χ1v) is 1.50.